The maximum atomic E-state index is 15.5. The molecule has 2 N–H and O–H groups in total. The number of rotatable bonds is 6. The average Bonchev–Trinajstić information content (AvgIpc) is 3.39. The number of halogens is 4. The molecule has 1 saturated heterocycles. The van der Waals surface area contributed by atoms with Gasteiger partial charge in [-0.1, -0.05) is 23.8 Å². The van der Waals surface area contributed by atoms with Crippen molar-refractivity contribution in [2.24, 2.45) is 0 Å². The minimum atomic E-state index is -4.72. The van der Waals surface area contributed by atoms with Crippen molar-refractivity contribution in [1.29, 1.82) is 0 Å². The van der Waals surface area contributed by atoms with E-state index in [1.54, 1.807) is 19.1 Å². The quantitative estimate of drug-likeness (QED) is 0.213. The molecule has 234 valence electrons. The van der Waals surface area contributed by atoms with Gasteiger partial charge >= 0.3 is 12.3 Å². The fraction of sp³-hybridized carbons (Fsp3) is 0.267. The monoisotopic (exact) mass is 642 g/mol. The molecule has 1 unspecified atom stereocenters. The number of nitrogens with one attached hydrogen (secondary N) is 1. The van der Waals surface area contributed by atoms with Gasteiger partial charge in [0.15, 0.2) is 0 Å². The Bertz CT molecular complexity index is 2050. The predicted octanol–water partition coefficient (Wildman–Crippen LogP) is 6.10. The zero-order valence-corrected chi connectivity index (χ0v) is 24.5. The number of amides is 1. The smallest absolute Gasteiger partial charge is 0.416 e. The number of anilines is 1. The van der Waals surface area contributed by atoms with Crippen molar-refractivity contribution in [3.63, 3.8) is 0 Å². The third-order valence-electron chi connectivity index (χ3n) is 7.82. The van der Waals surface area contributed by atoms with Gasteiger partial charge in [0, 0.05) is 53.2 Å². The first-order valence-electron chi connectivity index (χ1n) is 13.8. The number of likely N-dealkylation sites (tertiary alicyclic amines) is 1. The number of benzene rings is 2. The molecule has 1 amide bonds. The second kappa shape index (κ2) is 11.0. The Morgan fingerprint density at radius 1 is 1.09 bits per heavy atom. The van der Waals surface area contributed by atoms with Crippen molar-refractivity contribution in [3.8, 4) is 11.1 Å². The highest BCUT2D eigenvalue weighted by atomic mass is 32.2. The minimum Gasteiger partial charge on any atom is -0.465 e. The van der Waals surface area contributed by atoms with E-state index in [1.165, 1.54) is 43.0 Å². The van der Waals surface area contributed by atoms with Gasteiger partial charge < -0.3 is 15.3 Å². The molecule has 6 rings (SSSR count). The molecule has 10 nitrogen and oxygen atoms in total. The second-order valence-electron chi connectivity index (χ2n) is 11.0. The van der Waals surface area contributed by atoms with E-state index in [2.05, 4.69) is 20.3 Å². The summed E-state index contributed by atoms with van der Waals surface area (Å²) in [6, 6.07) is 8.82. The van der Waals surface area contributed by atoms with E-state index in [4.69, 9.17) is 0 Å². The number of alkyl halides is 4. The number of hydrogen-bond donors (Lipinski definition) is 2. The molecule has 15 heteroatoms. The summed E-state index contributed by atoms with van der Waals surface area (Å²) < 4.78 is 85.1. The highest BCUT2D eigenvalue weighted by Gasteiger charge is 2.37. The number of carboxylic acid groups (broad SMARTS) is 1. The molecule has 4 heterocycles. The topological polar surface area (TPSA) is 130 Å². The molecule has 0 aliphatic carbocycles. The van der Waals surface area contributed by atoms with Gasteiger partial charge in [-0.15, -0.1) is 0 Å². The van der Waals surface area contributed by atoms with Crippen LogP contribution < -0.4 is 5.32 Å². The Labute approximate surface area is 254 Å². The number of aromatic nitrogens is 4. The molecule has 3 aromatic heterocycles. The Morgan fingerprint density at radius 3 is 2.56 bits per heavy atom. The van der Waals surface area contributed by atoms with Crippen LogP contribution in [0.1, 0.15) is 24.0 Å². The summed E-state index contributed by atoms with van der Waals surface area (Å²) in [4.78, 5) is 25.2. The third kappa shape index (κ3) is 5.75. The normalized spacial score (nSPS) is 17.6. The van der Waals surface area contributed by atoms with E-state index in [9.17, 15) is 31.5 Å². The molecule has 2 aromatic carbocycles. The van der Waals surface area contributed by atoms with Gasteiger partial charge in [0.1, 0.15) is 5.67 Å². The summed E-state index contributed by atoms with van der Waals surface area (Å²) in [6.45, 7) is 1.44. The maximum absolute atomic E-state index is 15.5. The molecule has 0 radical (unpaired) electrons. The zero-order valence-electron chi connectivity index (χ0n) is 23.7. The lowest BCUT2D eigenvalue weighted by Crippen LogP contribution is -2.50. The molecule has 1 fully saturated rings. The van der Waals surface area contributed by atoms with Crippen LogP contribution in [0.3, 0.4) is 0 Å². The first-order valence-corrected chi connectivity index (χ1v) is 15.3. The Kier molecular flexibility index (Phi) is 7.38. The highest BCUT2D eigenvalue weighted by Crippen LogP contribution is 2.39. The lowest BCUT2D eigenvalue weighted by atomic mass is 9.95. The Balaban J connectivity index is 1.45. The van der Waals surface area contributed by atoms with Crippen LogP contribution in [-0.4, -0.2) is 68.7 Å². The zero-order chi connectivity index (χ0) is 32.1. The molecule has 5 aromatic rings. The fourth-order valence-corrected chi connectivity index (χ4v) is 6.84. The van der Waals surface area contributed by atoms with Gasteiger partial charge in [-0.2, -0.15) is 13.2 Å². The summed E-state index contributed by atoms with van der Waals surface area (Å²) >= 11 is 0. The van der Waals surface area contributed by atoms with Gasteiger partial charge in [-0.05, 0) is 44.0 Å². The van der Waals surface area contributed by atoms with E-state index in [-0.39, 0.29) is 58.9 Å². The summed E-state index contributed by atoms with van der Waals surface area (Å²) in [6.07, 6.45) is 0.115. The minimum absolute atomic E-state index is 0.0230. The van der Waals surface area contributed by atoms with Crippen LogP contribution in [0.5, 0.6) is 0 Å². The summed E-state index contributed by atoms with van der Waals surface area (Å²) in [5.74, 6) is 0.0230. The maximum Gasteiger partial charge on any atom is 0.416 e. The van der Waals surface area contributed by atoms with Crippen molar-refractivity contribution in [3.05, 3.63) is 78.4 Å². The molecule has 0 bridgehead atoms. The number of nitrogens with zero attached hydrogens (tertiary/aromatic N) is 5. The van der Waals surface area contributed by atoms with E-state index >= 15 is 4.39 Å². The summed E-state index contributed by atoms with van der Waals surface area (Å²) in [5, 5.41) is 12.8. The van der Waals surface area contributed by atoms with Crippen LogP contribution in [0.25, 0.3) is 32.9 Å². The molecular formula is C30H26F4N6O4S. The molecule has 0 spiro atoms. The fourth-order valence-electron chi connectivity index (χ4n) is 5.48. The van der Waals surface area contributed by atoms with Gasteiger partial charge in [-0.25, -0.2) is 31.5 Å². The largest absolute Gasteiger partial charge is 0.465 e. The van der Waals surface area contributed by atoms with E-state index < -0.39 is 33.5 Å². The average molecular weight is 643 g/mol. The van der Waals surface area contributed by atoms with Crippen molar-refractivity contribution in [2.45, 2.75) is 36.5 Å². The molecule has 0 saturated carbocycles. The van der Waals surface area contributed by atoms with Crippen LogP contribution >= 0.6 is 0 Å². The van der Waals surface area contributed by atoms with E-state index in [0.29, 0.717) is 17.4 Å². The van der Waals surface area contributed by atoms with Gasteiger partial charge in [0.25, 0.3) is 10.0 Å². The summed E-state index contributed by atoms with van der Waals surface area (Å²) in [7, 11) is -4.34. The molecule has 45 heavy (non-hydrogen) atoms. The van der Waals surface area contributed by atoms with Crippen LogP contribution in [0.2, 0.25) is 0 Å². The lowest BCUT2D eigenvalue weighted by Gasteiger charge is -2.35. The van der Waals surface area contributed by atoms with Crippen LogP contribution in [0, 0.1) is 6.92 Å². The molecule has 1 aliphatic rings. The Hall–Kier alpha value is -4.79. The number of hydrogen-bond acceptors (Lipinski definition) is 7. The number of carbonyl (C=O) groups is 1. The van der Waals surface area contributed by atoms with Gasteiger partial charge in [0.05, 0.1) is 34.6 Å². The highest BCUT2D eigenvalue weighted by molar-refractivity contribution is 7.90. The van der Waals surface area contributed by atoms with Crippen molar-refractivity contribution >= 4 is 43.9 Å². The number of aryl methyl sites for hydroxylation is 1. The Morgan fingerprint density at radius 2 is 1.84 bits per heavy atom. The van der Waals surface area contributed by atoms with Gasteiger partial charge in [0.2, 0.25) is 5.95 Å². The first kappa shape index (κ1) is 30.2. The van der Waals surface area contributed by atoms with Crippen molar-refractivity contribution in [1.82, 2.24) is 23.8 Å². The van der Waals surface area contributed by atoms with Crippen molar-refractivity contribution < 1.29 is 35.9 Å². The number of pyridine rings is 1. The van der Waals surface area contributed by atoms with Crippen LogP contribution in [0.4, 0.5) is 28.3 Å². The first-order chi connectivity index (χ1) is 21.2. The standard InChI is InChI=1S/C30H26F4N6O4S/c1-18-3-6-21(7-4-18)45(43,44)40-15-24(22-8-5-20(11-25(22)40)30(32,33)34)23-14-35-12-19-13-36-27(38-26(19)23)37-16-29(31)9-2-10-39(17-29)28(41)42/h3-8,11-15H,2,9-10,16-17H2,1H3,(H,41,42)(H,36,37,38). The second-order valence-corrected chi connectivity index (χ2v) is 12.8. The number of fused-ring (bicyclic) bond motifs is 2. The summed E-state index contributed by atoms with van der Waals surface area (Å²) in [5.41, 5.74) is -1.41. The molecular weight excluding hydrogens is 616 g/mol. The lowest BCUT2D eigenvalue weighted by molar-refractivity contribution is -0.137. The van der Waals surface area contributed by atoms with Crippen molar-refractivity contribution in [2.75, 3.05) is 25.0 Å². The van der Waals surface area contributed by atoms with Crippen LogP contribution in [-0.2, 0) is 16.2 Å². The SMILES string of the molecule is Cc1ccc(S(=O)(=O)n2cc(-c3cncc4cnc(NCC5(F)CCCN(C(=O)O)C5)nc34)c3ccc(C(F)(F)F)cc32)cc1. The molecule has 1 atom stereocenters. The van der Waals surface area contributed by atoms with Crippen LogP contribution in [0.15, 0.2) is 72.1 Å². The van der Waals surface area contributed by atoms with E-state index in [0.717, 1.165) is 26.6 Å². The third-order valence-corrected chi connectivity index (χ3v) is 9.51. The number of piperidine rings is 1. The predicted molar refractivity (Wildman–Crippen MR) is 158 cm³/mol. The molecule has 1 aliphatic heterocycles. The van der Waals surface area contributed by atoms with Gasteiger partial charge in [-0.3, -0.25) is 4.98 Å². The van der Waals surface area contributed by atoms with E-state index in [1.807, 2.05) is 0 Å².